The Morgan fingerprint density at radius 2 is 2.43 bits per heavy atom. The van der Waals surface area contributed by atoms with Gasteiger partial charge in [-0.15, -0.1) is 0 Å². The lowest BCUT2D eigenvalue weighted by Crippen LogP contribution is -2.65. The number of aryl methyl sites for hydroxylation is 2. The number of H-pyrrole nitrogens is 1. The third-order valence-corrected chi connectivity index (χ3v) is 2.03. The molecule has 6 heteroatoms. The fraction of sp³-hybridized carbons (Fsp3) is 0.500. The van der Waals surface area contributed by atoms with E-state index < -0.39 is 12.0 Å². The number of aromatic nitrogens is 2. The van der Waals surface area contributed by atoms with Crippen molar-refractivity contribution >= 4 is 5.97 Å². The molecule has 14 heavy (non-hydrogen) atoms. The number of aliphatic carboxylic acids is 1. The highest BCUT2D eigenvalue weighted by molar-refractivity contribution is 5.71. The smallest absolute Gasteiger partial charge is 0.362 e. The molecule has 0 amide bonds. The number of carboxylic acids is 1. The maximum absolute atomic E-state index is 11.2. The van der Waals surface area contributed by atoms with Gasteiger partial charge in [-0.05, 0) is 6.42 Å². The molecular formula is C8H14N3O3+. The van der Waals surface area contributed by atoms with Crippen LogP contribution in [0.1, 0.15) is 12.0 Å². The van der Waals surface area contributed by atoms with Crippen LogP contribution < -0.4 is 11.3 Å². The molecule has 78 valence electrons. The van der Waals surface area contributed by atoms with E-state index in [9.17, 15) is 9.59 Å². The lowest BCUT2D eigenvalue weighted by molar-refractivity contribution is -0.408. The molecule has 1 heterocycles. The molecule has 0 radical (unpaired) electrons. The van der Waals surface area contributed by atoms with E-state index >= 15 is 0 Å². The molecular weight excluding hydrogens is 186 g/mol. The van der Waals surface area contributed by atoms with Crippen LogP contribution >= 0.6 is 0 Å². The molecule has 1 rings (SSSR count). The Hall–Kier alpha value is -1.56. The van der Waals surface area contributed by atoms with E-state index in [2.05, 4.69) is 10.8 Å². The largest absolute Gasteiger partial charge is 0.477 e. The average molecular weight is 200 g/mol. The van der Waals surface area contributed by atoms with Gasteiger partial charge in [0.2, 0.25) is 0 Å². The maximum Gasteiger partial charge on any atom is 0.362 e. The van der Waals surface area contributed by atoms with Crippen LogP contribution in [0.4, 0.5) is 0 Å². The summed E-state index contributed by atoms with van der Waals surface area (Å²) in [6.45, 7) is 0. The molecule has 0 saturated carbocycles. The van der Waals surface area contributed by atoms with Crippen LogP contribution in [0, 0.1) is 0 Å². The van der Waals surface area contributed by atoms with E-state index in [0.717, 1.165) is 0 Å². The molecule has 0 bridgehead atoms. The summed E-state index contributed by atoms with van der Waals surface area (Å²) in [4.78, 5) is 21.6. The van der Waals surface area contributed by atoms with E-state index in [1.807, 2.05) is 0 Å². The number of quaternary nitrogens is 1. The third kappa shape index (κ3) is 2.46. The van der Waals surface area contributed by atoms with Crippen molar-refractivity contribution in [2.45, 2.75) is 18.9 Å². The summed E-state index contributed by atoms with van der Waals surface area (Å²) in [5, 5.41) is 11.1. The van der Waals surface area contributed by atoms with E-state index in [4.69, 9.17) is 5.11 Å². The monoisotopic (exact) mass is 200 g/mol. The fourth-order valence-corrected chi connectivity index (χ4v) is 1.19. The Bertz CT molecular complexity index is 379. The Labute approximate surface area is 80.3 Å². The first-order chi connectivity index (χ1) is 6.50. The van der Waals surface area contributed by atoms with Crippen LogP contribution in [0.2, 0.25) is 0 Å². The van der Waals surface area contributed by atoms with Crippen molar-refractivity contribution in [1.82, 2.24) is 9.78 Å². The number of aromatic amines is 1. The lowest BCUT2D eigenvalue weighted by atomic mass is 10.1. The number of carboxylic acid groups (broad SMARTS) is 1. The molecule has 5 N–H and O–H groups in total. The van der Waals surface area contributed by atoms with Crippen LogP contribution in [0.3, 0.4) is 0 Å². The number of rotatable bonds is 4. The predicted octanol–water partition coefficient (Wildman–Crippen LogP) is -1.66. The van der Waals surface area contributed by atoms with Gasteiger partial charge in [0.15, 0.2) is 6.04 Å². The Morgan fingerprint density at radius 1 is 1.79 bits per heavy atom. The maximum atomic E-state index is 11.2. The zero-order valence-corrected chi connectivity index (χ0v) is 7.99. The Balaban J connectivity index is 2.58. The van der Waals surface area contributed by atoms with Crippen molar-refractivity contribution in [1.29, 1.82) is 0 Å². The minimum absolute atomic E-state index is 0.162. The first kappa shape index (κ1) is 10.5. The van der Waals surface area contributed by atoms with Crippen molar-refractivity contribution in [3.05, 3.63) is 22.1 Å². The van der Waals surface area contributed by atoms with Crippen LogP contribution in [-0.2, 0) is 18.3 Å². The molecule has 0 aliphatic carbocycles. The Morgan fingerprint density at radius 3 is 2.86 bits per heavy atom. The molecule has 6 nitrogen and oxygen atoms in total. The number of nitrogens with one attached hydrogen (secondary N) is 1. The van der Waals surface area contributed by atoms with Crippen LogP contribution in [0.5, 0.6) is 0 Å². The molecule has 1 unspecified atom stereocenters. The highest BCUT2D eigenvalue weighted by Crippen LogP contribution is 1.97. The fourth-order valence-electron chi connectivity index (χ4n) is 1.19. The molecule has 1 aromatic heterocycles. The summed E-state index contributed by atoms with van der Waals surface area (Å²) < 4.78 is 1.55. The quantitative estimate of drug-likeness (QED) is 0.542. The molecule has 0 saturated heterocycles. The predicted molar refractivity (Wildman–Crippen MR) is 48.7 cm³/mol. The summed E-state index contributed by atoms with van der Waals surface area (Å²) in [5.74, 6) is -0.933. The van der Waals surface area contributed by atoms with Gasteiger partial charge in [-0.25, -0.2) is 4.79 Å². The number of hydrogen-bond donors (Lipinski definition) is 3. The van der Waals surface area contributed by atoms with Crippen LogP contribution in [0.15, 0.2) is 11.0 Å². The SMILES string of the molecule is Cn1cc(CCC([NH3+])C(=O)O)c(=O)[nH]1. The van der Waals surface area contributed by atoms with E-state index in [1.54, 1.807) is 17.9 Å². The van der Waals surface area contributed by atoms with Gasteiger partial charge < -0.3 is 10.8 Å². The molecule has 0 aliphatic rings. The van der Waals surface area contributed by atoms with Crippen molar-refractivity contribution in [3.8, 4) is 0 Å². The van der Waals surface area contributed by atoms with Gasteiger partial charge >= 0.3 is 5.97 Å². The molecule has 0 fully saturated rings. The third-order valence-electron chi connectivity index (χ3n) is 2.03. The van der Waals surface area contributed by atoms with Gasteiger partial charge in [0.05, 0.1) is 0 Å². The first-order valence-corrected chi connectivity index (χ1v) is 4.31. The summed E-state index contributed by atoms with van der Waals surface area (Å²) >= 11 is 0. The van der Waals surface area contributed by atoms with Gasteiger partial charge in [0, 0.05) is 25.2 Å². The second kappa shape index (κ2) is 4.10. The van der Waals surface area contributed by atoms with Crippen molar-refractivity contribution < 1.29 is 15.6 Å². The number of hydrogen-bond acceptors (Lipinski definition) is 2. The van der Waals surface area contributed by atoms with E-state index in [0.29, 0.717) is 18.4 Å². The summed E-state index contributed by atoms with van der Waals surface area (Å²) in [6, 6.07) is -0.658. The second-order valence-electron chi connectivity index (χ2n) is 3.28. The lowest BCUT2D eigenvalue weighted by Gasteiger charge is -1.99. The highest BCUT2D eigenvalue weighted by Gasteiger charge is 2.16. The Kier molecular flexibility index (Phi) is 3.08. The molecule has 0 aliphatic heterocycles. The van der Waals surface area contributed by atoms with E-state index in [-0.39, 0.29) is 5.56 Å². The first-order valence-electron chi connectivity index (χ1n) is 4.31. The van der Waals surface area contributed by atoms with Crippen molar-refractivity contribution in [3.63, 3.8) is 0 Å². The van der Waals surface area contributed by atoms with E-state index in [1.165, 1.54) is 0 Å². The average Bonchev–Trinajstić information content (AvgIpc) is 2.40. The minimum Gasteiger partial charge on any atom is -0.477 e. The van der Waals surface area contributed by atoms with Crippen LogP contribution in [-0.4, -0.2) is 26.9 Å². The highest BCUT2D eigenvalue weighted by atomic mass is 16.4. The number of carbonyl (C=O) groups is 1. The van der Waals surface area contributed by atoms with Crippen molar-refractivity contribution in [2.75, 3.05) is 0 Å². The normalized spacial score (nSPS) is 12.7. The second-order valence-corrected chi connectivity index (χ2v) is 3.28. The summed E-state index contributed by atoms with van der Waals surface area (Å²) in [5.41, 5.74) is 3.91. The molecule has 0 spiro atoms. The zero-order valence-electron chi connectivity index (χ0n) is 7.99. The topological polar surface area (TPSA) is 103 Å². The standard InChI is InChI=1S/C8H13N3O3/c1-11-4-5(7(12)10-11)2-3-6(9)8(13)14/h4,6H,2-3,9H2,1H3,(H,10,12)(H,13,14)/p+1. The molecule has 0 aromatic carbocycles. The van der Waals surface area contributed by atoms with Crippen LogP contribution in [0.25, 0.3) is 0 Å². The van der Waals surface area contributed by atoms with Crippen molar-refractivity contribution in [2.24, 2.45) is 7.05 Å². The minimum atomic E-state index is -0.933. The molecule has 1 atom stereocenters. The van der Waals surface area contributed by atoms with Gasteiger partial charge in [-0.2, -0.15) is 0 Å². The van der Waals surface area contributed by atoms with Gasteiger partial charge in [-0.3, -0.25) is 14.6 Å². The number of nitrogens with zero attached hydrogens (tertiary/aromatic N) is 1. The zero-order chi connectivity index (χ0) is 10.7. The summed E-state index contributed by atoms with van der Waals surface area (Å²) in [6.07, 6.45) is 2.48. The summed E-state index contributed by atoms with van der Waals surface area (Å²) in [7, 11) is 1.71. The van der Waals surface area contributed by atoms with Gasteiger partial charge in [-0.1, -0.05) is 0 Å². The van der Waals surface area contributed by atoms with Gasteiger partial charge in [0.25, 0.3) is 5.56 Å². The van der Waals surface area contributed by atoms with Gasteiger partial charge in [0.1, 0.15) is 0 Å². The molecule has 1 aromatic rings.